The average molecular weight is 834 g/mol. The minimum Gasteiger partial charge on any atom is -0.340 e. The van der Waals surface area contributed by atoms with Crippen LogP contribution in [-0.4, -0.2) is 14.4 Å². The molecule has 0 saturated heterocycles. The minimum absolute atomic E-state index is 0. The third-order valence-electron chi connectivity index (χ3n) is 9.96. The van der Waals surface area contributed by atoms with Crippen LogP contribution in [-0.2, 0) is 26.5 Å². The van der Waals surface area contributed by atoms with Crippen LogP contribution in [0, 0.1) is 12.1 Å². The Balaban J connectivity index is 0.00000325. The first-order valence-corrected chi connectivity index (χ1v) is 16.9. The Hall–Kier alpha value is -4.90. The smallest absolute Gasteiger partial charge is 0.340 e. The number of alkyl halides is 1. The van der Waals surface area contributed by atoms with Gasteiger partial charge in [0.25, 0.3) is 0 Å². The van der Waals surface area contributed by atoms with E-state index in [0.717, 1.165) is 50.1 Å². The molecule has 4 aromatic heterocycles. The third kappa shape index (κ3) is 4.37. The van der Waals surface area contributed by atoms with Gasteiger partial charge in [-0.2, -0.15) is 18.2 Å². The van der Waals surface area contributed by atoms with Crippen molar-refractivity contribution in [1.82, 2.24) is 14.4 Å². The molecular formula is C42H27FN4PtS. The van der Waals surface area contributed by atoms with Crippen molar-refractivity contribution in [2.24, 2.45) is 0 Å². The van der Waals surface area contributed by atoms with Crippen LogP contribution in [0.25, 0.3) is 47.5 Å². The first-order valence-electron chi connectivity index (χ1n) is 16.0. The average Bonchev–Trinajstić information content (AvgIpc) is 3.76. The fourth-order valence-electron chi connectivity index (χ4n) is 7.58. The van der Waals surface area contributed by atoms with Gasteiger partial charge in [-0.1, -0.05) is 78.3 Å². The number of imidazole rings is 1. The summed E-state index contributed by atoms with van der Waals surface area (Å²) in [6.07, 6.45) is 4.11. The number of pyridine rings is 2. The van der Waals surface area contributed by atoms with Crippen molar-refractivity contribution < 1.29 is 25.5 Å². The van der Waals surface area contributed by atoms with E-state index >= 15 is 4.39 Å². The first kappa shape index (κ1) is 30.2. The molecule has 0 amide bonds. The predicted octanol–water partition coefficient (Wildman–Crippen LogP) is 11.2. The molecule has 0 fully saturated rings. The van der Waals surface area contributed by atoms with Gasteiger partial charge in [0.15, 0.2) is 0 Å². The quantitative estimate of drug-likeness (QED) is 0.131. The molecule has 10 rings (SSSR count). The number of para-hydroxylation sites is 1. The van der Waals surface area contributed by atoms with Crippen LogP contribution in [0.2, 0.25) is 0 Å². The number of rotatable bonds is 3. The van der Waals surface area contributed by atoms with Crippen LogP contribution in [0.1, 0.15) is 42.3 Å². The molecule has 1 aliphatic rings. The Morgan fingerprint density at radius 2 is 1.53 bits per heavy atom. The van der Waals surface area contributed by atoms with Crippen molar-refractivity contribution in [2.45, 2.75) is 25.4 Å². The monoisotopic (exact) mass is 833 g/mol. The summed E-state index contributed by atoms with van der Waals surface area (Å²) in [4.78, 5) is 11.7. The summed E-state index contributed by atoms with van der Waals surface area (Å²) in [6, 6.07) is 42.0. The molecule has 0 spiro atoms. The molecule has 4 nitrogen and oxygen atoms in total. The van der Waals surface area contributed by atoms with E-state index < -0.39 is 6.17 Å². The molecule has 0 N–H and O–H groups in total. The van der Waals surface area contributed by atoms with Gasteiger partial charge in [-0.05, 0) is 41.3 Å². The normalized spacial score (nSPS) is 14.3. The Labute approximate surface area is 300 Å². The van der Waals surface area contributed by atoms with E-state index in [4.69, 9.17) is 4.98 Å². The molecule has 7 heteroatoms. The van der Waals surface area contributed by atoms with Crippen LogP contribution in [0.3, 0.4) is 0 Å². The van der Waals surface area contributed by atoms with Crippen LogP contribution < -0.4 is 4.90 Å². The van der Waals surface area contributed by atoms with Crippen molar-refractivity contribution in [3.63, 3.8) is 0 Å². The van der Waals surface area contributed by atoms with Gasteiger partial charge in [0.05, 0.1) is 11.3 Å². The van der Waals surface area contributed by atoms with E-state index in [9.17, 15) is 0 Å². The molecular weight excluding hydrogens is 807 g/mol. The number of thiophene rings is 1. The summed E-state index contributed by atoms with van der Waals surface area (Å²) in [5.74, 6) is 0.838. The minimum atomic E-state index is -1.44. The van der Waals surface area contributed by atoms with E-state index in [-0.39, 0.29) is 26.5 Å². The molecule has 5 aromatic carbocycles. The zero-order chi connectivity index (χ0) is 32.1. The number of nitrogens with zero attached hydrogens (tertiary/aromatic N) is 4. The maximum Gasteiger partial charge on any atom is 2.00 e. The van der Waals surface area contributed by atoms with Crippen molar-refractivity contribution in [3.8, 4) is 0 Å². The van der Waals surface area contributed by atoms with Crippen LogP contribution in [0.15, 0.2) is 122 Å². The van der Waals surface area contributed by atoms with E-state index in [0.29, 0.717) is 11.1 Å². The van der Waals surface area contributed by atoms with Gasteiger partial charge in [-0.3, -0.25) is 4.98 Å². The number of anilines is 3. The zero-order valence-corrected chi connectivity index (χ0v) is 29.6. The molecule has 1 atom stereocenters. The molecule has 238 valence electrons. The Morgan fingerprint density at radius 1 is 0.714 bits per heavy atom. The van der Waals surface area contributed by atoms with E-state index in [1.807, 2.05) is 59.3 Å². The fourth-order valence-corrected chi connectivity index (χ4v) is 8.71. The van der Waals surface area contributed by atoms with Crippen molar-refractivity contribution in [1.29, 1.82) is 0 Å². The Morgan fingerprint density at radius 3 is 2.43 bits per heavy atom. The van der Waals surface area contributed by atoms with E-state index in [1.54, 1.807) is 23.6 Å². The fraction of sp³-hybridized carbons (Fsp3) is 0.0952. The number of halogens is 1. The molecule has 9 aromatic rings. The largest absolute Gasteiger partial charge is 2.00 e. The SMILES string of the molecule is CC1(C)c2cc3c(cc2N(c2[c-]c(C(F)c4[c-]c5c(cc4)c4ccccc4n4ccnc54)ccc2)c2ncccc21)sc1ccccc13.[Pt+2]. The van der Waals surface area contributed by atoms with Crippen molar-refractivity contribution in [3.05, 3.63) is 156 Å². The number of hydrogen-bond acceptors (Lipinski definition) is 4. The van der Waals surface area contributed by atoms with Crippen LogP contribution in [0.5, 0.6) is 0 Å². The van der Waals surface area contributed by atoms with Gasteiger partial charge >= 0.3 is 21.1 Å². The summed E-state index contributed by atoms with van der Waals surface area (Å²) in [5.41, 5.74) is 6.52. The molecule has 5 heterocycles. The molecule has 0 aliphatic carbocycles. The summed E-state index contributed by atoms with van der Waals surface area (Å²) in [7, 11) is 0. The van der Waals surface area contributed by atoms with Crippen LogP contribution >= 0.6 is 11.3 Å². The summed E-state index contributed by atoms with van der Waals surface area (Å²) in [5, 5.41) is 5.40. The summed E-state index contributed by atoms with van der Waals surface area (Å²) in [6.45, 7) is 4.52. The Kier molecular flexibility index (Phi) is 6.81. The van der Waals surface area contributed by atoms with Gasteiger partial charge in [0.2, 0.25) is 0 Å². The molecule has 0 bridgehead atoms. The summed E-state index contributed by atoms with van der Waals surface area (Å²) < 4.78 is 21.2. The van der Waals surface area contributed by atoms with E-state index in [2.05, 4.69) is 90.5 Å². The topological polar surface area (TPSA) is 33.4 Å². The maximum absolute atomic E-state index is 16.7. The van der Waals surface area contributed by atoms with Crippen LogP contribution in [0.4, 0.5) is 21.6 Å². The predicted molar refractivity (Wildman–Crippen MR) is 195 cm³/mol. The molecule has 49 heavy (non-hydrogen) atoms. The van der Waals surface area contributed by atoms with Crippen molar-refractivity contribution in [2.75, 3.05) is 4.90 Å². The number of hydrogen-bond donors (Lipinski definition) is 0. The second kappa shape index (κ2) is 11.1. The number of fused-ring (bicyclic) bond motifs is 11. The van der Waals surface area contributed by atoms with E-state index in [1.165, 1.54) is 25.7 Å². The van der Waals surface area contributed by atoms with Gasteiger partial charge < -0.3 is 9.30 Å². The van der Waals surface area contributed by atoms with Gasteiger partial charge in [-0.25, -0.2) is 9.37 Å². The van der Waals surface area contributed by atoms with Gasteiger partial charge in [0, 0.05) is 55.3 Å². The first-order chi connectivity index (χ1) is 23.5. The number of aromatic nitrogens is 3. The van der Waals surface area contributed by atoms with Gasteiger partial charge in [-0.15, -0.1) is 41.2 Å². The Bertz CT molecular complexity index is 2760. The zero-order valence-electron chi connectivity index (χ0n) is 26.5. The number of benzene rings is 5. The second-order valence-corrected chi connectivity index (χ2v) is 14.1. The standard InChI is InChI=1S/C42H27FN4S.Pt/c1-42(2)33-13-8-18-44-41(33)47(36-24-38-31(23-34(36)42)30-12-4-6-15-37(30)48-38)27-10-7-9-25(21-27)39(43)26-16-17-28-29-11-3-5-14-35(29)46-20-19-45-40(46)32(28)22-26;/h3-20,23-24,39H,1-2H3;/q-2;+2. The molecule has 0 radical (unpaired) electrons. The third-order valence-corrected chi connectivity index (χ3v) is 11.1. The molecule has 1 unspecified atom stereocenters. The molecule has 0 saturated carbocycles. The molecule has 1 aliphatic heterocycles. The van der Waals surface area contributed by atoms with Crippen molar-refractivity contribution >= 4 is 76.0 Å². The van der Waals surface area contributed by atoms with Gasteiger partial charge in [0.1, 0.15) is 12.0 Å². The second-order valence-electron chi connectivity index (χ2n) is 13.0. The maximum atomic E-state index is 16.7. The summed E-state index contributed by atoms with van der Waals surface area (Å²) >= 11 is 1.79.